The zero-order valence-electron chi connectivity index (χ0n) is 15.4. The molecule has 2 aromatic carbocycles. The molecule has 0 radical (unpaired) electrons. The molecule has 3 rings (SSSR count). The summed E-state index contributed by atoms with van der Waals surface area (Å²) in [6, 6.07) is 17.4. The molecule has 1 saturated heterocycles. The van der Waals surface area contributed by atoms with E-state index in [1.807, 2.05) is 61.5 Å². The van der Waals surface area contributed by atoms with Gasteiger partial charge in [-0.25, -0.2) is 0 Å². The van der Waals surface area contributed by atoms with E-state index in [1.165, 1.54) is 9.80 Å². The molecule has 0 atom stereocenters. The van der Waals surface area contributed by atoms with Crippen LogP contribution in [-0.4, -0.2) is 47.2 Å². The molecule has 0 spiro atoms. The van der Waals surface area contributed by atoms with Gasteiger partial charge in [-0.05, 0) is 18.1 Å². The molecule has 1 N–H and O–H groups in total. The van der Waals surface area contributed by atoms with Crippen molar-refractivity contribution in [2.45, 2.75) is 20.0 Å². The summed E-state index contributed by atoms with van der Waals surface area (Å²) in [5.41, 5.74) is 3.10. The average Bonchev–Trinajstić information content (AvgIpc) is 2.67. The van der Waals surface area contributed by atoms with Crippen molar-refractivity contribution < 1.29 is 14.4 Å². The first-order valence-electron chi connectivity index (χ1n) is 8.97. The number of carbonyl (C=O) groups is 3. The van der Waals surface area contributed by atoms with E-state index in [2.05, 4.69) is 5.32 Å². The van der Waals surface area contributed by atoms with Crippen LogP contribution in [0, 0.1) is 6.92 Å². The van der Waals surface area contributed by atoms with E-state index in [0.29, 0.717) is 26.2 Å². The monoisotopic (exact) mass is 365 g/mol. The van der Waals surface area contributed by atoms with E-state index in [-0.39, 0.29) is 12.5 Å². The van der Waals surface area contributed by atoms with Gasteiger partial charge in [0.05, 0.1) is 0 Å². The quantitative estimate of drug-likeness (QED) is 0.789. The molecule has 1 fully saturated rings. The van der Waals surface area contributed by atoms with E-state index in [9.17, 15) is 14.4 Å². The fourth-order valence-corrected chi connectivity index (χ4v) is 3.07. The second-order valence-corrected chi connectivity index (χ2v) is 6.70. The number of nitrogens with zero attached hydrogens (tertiary/aromatic N) is 2. The van der Waals surface area contributed by atoms with Crippen molar-refractivity contribution in [2.75, 3.05) is 19.6 Å². The highest BCUT2D eigenvalue weighted by molar-refractivity contribution is 6.35. The van der Waals surface area contributed by atoms with Gasteiger partial charge >= 0.3 is 11.8 Å². The molecule has 27 heavy (non-hydrogen) atoms. The highest BCUT2D eigenvalue weighted by Crippen LogP contribution is 2.10. The molecular weight excluding hydrogens is 342 g/mol. The Morgan fingerprint density at radius 1 is 0.926 bits per heavy atom. The molecule has 1 aliphatic rings. The van der Waals surface area contributed by atoms with Crippen molar-refractivity contribution in [3.63, 3.8) is 0 Å². The van der Waals surface area contributed by atoms with E-state index in [1.54, 1.807) is 0 Å². The third-order valence-electron chi connectivity index (χ3n) is 4.52. The molecule has 6 nitrogen and oxygen atoms in total. The van der Waals surface area contributed by atoms with Crippen LogP contribution in [0.1, 0.15) is 16.7 Å². The lowest BCUT2D eigenvalue weighted by Gasteiger charge is -2.33. The van der Waals surface area contributed by atoms with Gasteiger partial charge in [0.25, 0.3) is 0 Å². The van der Waals surface area contributed by atoms with Gasteiger partial charge in [-0.3, -0.25) is 14.4 Å². The van der Waals surface area contributed by atoms with Crippen molar-refractivity contribution in [3.05, 3.63) is 71.3 Å². The number of hydrogen-bond acceptors (Lipinski definition) is 3. The Kier molecular flexibility index (Phi) is 5.86. The number of hydrogen-bond donors (Lipinski definition) is 1. The van der Waals surface area contributed by atoms with E-state index in [4.69, 9.17) is 0 Å². The zero-order valence-corrected chi connectivity index (χ0v) is 15.4. The molecule has 0 unspecified atom stereocenters. The van der Waals surface area contributed by atoms with Crippen LogP contribution in [0.4, 0.5) is 0 Å². The third-order valence-corrected chi connectivity index (χ3v) is 4.52. The number of piperazine rings is 1. The number of rotatable bonds is 6. The molecule has 0 saturated carbocycles. The molecule has 1 aliphatic heterocycles. The van der Waals surface area contributed by atoms with Gasteiger partial charge in [-0.1, -0.05) is 60.2 Å². The fraction of sp³-hybridized carbons (Fsp3) is 0.286. The predicted molar refractivity (Wildman–Crippen MR) is 101 cm³/mol. The van der Waals surface area contributed by atoms with Crippen molar-refractivity contribution in [2.24, 2.45) is 0 Å². The molecule has 2 aromatic rings. The largest absolute Gasteiger partial charge is 0.350 e. The third kappa shape index (κ3) is 4.94. The smallest absolute Gasteiger partial charge is 0.312 e. The summed E-state index contributed by atoms with van der Waals surface area (Å²) in [7, 11) is 0. The lowest BCUT2D eigenvalue weighted by Crippen LogP contribution is -2.55. The molecule has 0 aliphatic carbocycles. The van der Waals surface area contributed by atoms with Crippen LogP contribution in [0.5, 0.6) is 0 Å². The van der Waals surface area contributed by atoms with Crippen LogP contribution in [-0.2, 0) is 27.5 Å². The van der Waals surface area contributed by atoms with Crippen LogP contribution in [0.3, 0.4) is 0 Å². The topological polar surface area (TPSA) is 69.7 Å². The SMILES string of the molecule is Cc1cccc(CNC(=O)CN2CCN(Cc3ccccc3)C(=O)C2=O)c1. The number of carbonyl (C=O) groups excluding carboxylic acids is 3. The van der Waals surface area contributed by atoms with E-state index >= 15 is 0 Å². The number of aryl methyl sites for hydroxylation is 1. The van der Waals surface area contributed by atoms with E-state index < -0.39 is 11.8 Å². The van der Waals surface area contributed by atoms with Gasteiger partial charge in [0.2, 0.25) is 5.91 Å². The van der Waals surface area contributed by atoms with Crippen LogP contribution >= 0.6 is 0 Å². The summed E-state index contributed by atoms with van der Waals surface area (Å²) < 4.78 is 0. The van der Waals surface area contributed by atoms with E-state index in [0.717, 1.165) is 16.7 Å². The predicted octanol–water partition coefficient (Wildman–Crippen LogP) is 1.48. The van der Waals surface area contributed by atoms with Gasteiger partial charge in [-0.2, -0.15) is 0 Å². The molecule has 140 valence electrons. The summed E-state index contributed by atoms with van der Waals surface area (Å²) in [6.45, 7) is 3.47. The summed E-state index contributed by atoms with van der Waals surface area (Å²) >= 11 is 0. The highest BCUT2D eigenvalue weighted by Gasteiger charge is 2.33. The van der Waals surface area contributed by atoms with Gasteiger partial charge in [-0.15, -0.1) is 0 Å². The second-order valence-electron chi connectivity index (χ2n) is 6.70. The Labute approximate surface area is 158 Å². The maximum atomic E-state index is 12.3. The van der Waals surface area contributed by atoms with Crippen LogP contribution in [0.25, 0.3) is 0 Å². The van der Waals surface area contributed by atoms with Crippen LogP contribution in [0.2, 0.25) is 0 Å². The first kappa shape index (κ1) is 18.6. The lowest BCUT2D eigenvalue weighted by atomic mass is 10.1. The van der Waals surface area contributed by atoms with Crippen molar-refractivity contribution in [3.8, 4) is 0 Å². The number of amides is 3. The summed E-state index contributed by atoms with van der Waals surface area (Å²) in [5.74, 6) is -1.45. The molecular formula is C21H23N3O3. The summed E-state index contributed by atoms with van der Waals surface area (Å²) in [5, 5.41) is 2.80. The van der Waals surface area contributed by atoms with Gasteiger partial charge in [0, 0.05) is 26.2 Å². The Morgan fingerprint density at radius 3 is 2.33 bits per heavy atom. The molecule has 0 aromatic heterocycles. The normalized spacial score (nSPS) is 14.4. The average molecular weight is 365 g/mol. The minimum absolute atomic E-state index is 0.102. The Morgan fingerprint density at radius 2 is 1.59 bits per heavy atom. The van der Waals surface area contributed by atoms with Crippen LogP contribution < -0.4 is 5.32 Å². The number of benzene rings is 2. The van der Waals surface area contributed by atoms with Crippen molar-refractivity contribution >= 4 is 17.7 Å². The standard InChI is InChI=1S/C21H23N3O3/c1-16-6-5-9-18(12-16)13-22-19(25)15-24-11-10-23(20(26)21(24)27)14-17-7-3-2-4-8-17/h2-9,12H,10-11,13-15H2,1H3,(H,22,25). The molecule has 3 amide bonds. The first-order valence-corrected chi connectivity index (χ1v) is 8.97. The van der Waals surface area contributed by atoms with Gasteiger partial charge < -0.3 is 15.1 Å². The highest BCUT2D eigenvalue weighted by atomic mass is 16.2. The first-order chi connectivity index (χ1) is 13.0. The van der Waals surface area contributed by atoms with Gasteiger partial charge in [0.15, 0.2) is 0 Å². The zero-order chi connectivity index (χ0) is 19.2. The summed E-state index contributed by atoms with van der Waals surface area (Å²) in [6.07, 6.45) is 0. The Balaban J connectivity index is 1.50. The second kappa shape index (κ2) is 8.49. The van der Waals surface area contributed by atoms with Crippen LogP contribution in [0.15, 0.2) is 54.6 Å². The molecule has 0 bridgehead atoms. The Hall–Kier alpha value is -3.15. The van der Waals surface area contributed by atoms with Crippen molar-refractivity contribution in [1.82, 2.24) is 15.1 Å². The minimum atomic E-state index is -0.622. The maximum absolute atomic E-state index is 12.3. The van der Waals surface area contributed by atoms with Gasteiger partial charge in [0.1, 0.15) is 6.54 Å². The van der Waals surface area contributed by atoms with Crippen molar-refractivity contribution in [1.29, 1.82) is 0 Å². The Bertz CT molecular complexity index is 836. The number of nitrogens with one attached hydrogen (secondary N) is 1. The maximum Gasteiger partial charge on any atom is 0.312 e. The summed E-state index contributed by atoms with van der Waals surface area (Å²) in [4.78, 5) is 39.7. The minimum Gasteiger partial charge on any atom is -0.350 e. The lowest BCUT2D eigenvalue weighted by molar-refractivity contribution is -0.157. The fourth-order valence-electron chi connectivity index (χ4n) is 3.07. The molecule has 6 heteroatoms. The molecule has 1 heterocycles.